The molecule has 2 heterocycles. The molecule has 0 unspecified atom stereocenters. The van der Waals surface area contributed by atoms with Gasteiger partial charge in [-0.1, -0.05) is 0 Å². The Balaban J connectivity index is 2.02. The molecular weight excluding hydrogens is 266 g/mol. The van der Waals surface area contributed by atoms with E-state index < -0.39 is 0 Å². The lowest BCUT2D eigenvalue weighted by Gasteiger charge is -2.14. The van der Waals surface area contributed by atoms with Gasteiger partial charge in [0.15, 0.2) is 0 Å². The summed E-state index contributed by atoms with van der Waals surface area (Å²) in [7, 11) is 1.68. The molecule has 7 heteroatoms. The summed E-state index contributed by atoms with van der Waals surface area (Å²) < 4.78 is 0. The number of aliphatic imine (C=N–C) groups is 1. The first-order valence-electron chi connectivity index (χ1n) is 7.15. The third kappa shape index (κ3) is 4.42. The van der Waals surface area contributed by atoms with E-state index in [0.29, 0.717) is 17.7 Å². The first-order valence-corrected chi connectivity index (χ1v) is 7.15. The average Bonchev–Trinajstić information content (AvgIpc) is 3.00. The van der Waals surface area contributed by atoms with Crippen LogP contribution in [0.3, 0.4) is 0 Å². The molecule has 1 aromatic heterocycles. The van der Waals surface area contributed by atoms with Gasteiger partial charge in [-0.3, -0.25) is 4.99 Å². The molecule has 7 nitrogen and oxygen atoms in total. The molecule has 0 aromatic carbocycles. The van der Waals surface area contributed by atoms with E-state index in [-0.39, 0.29) is 0 Å². The average molecular weight is 289 g/mol. The molecule has 114 valence electrons. The Labute approximate surface area is 125 Å². The largest absolute Gasteiger partial charge is 0.403 e. The lowest BCUT2D eigenvalue weighted by Crippen LogP contribution is -2.29. The fraction of sp³-hybridized carbons (Fsp3) is 0.500. The molecule has 0 saturated carbocycles. The highest BCUT2D eigenvalue weighted by Gasteiger charge is 2.14. The Kier molecular flexibility index (Phi) is 5.51. The first kappa shape index (κ1) is 15.2. The van der Waals surface area contributed by atoms with Crippen LogP contribution in [0, 0.1) is 6.92 Å². The highest BCUT2D eigenvalue weighted by atomic mass is 15.2. The van der Waals surface area contributed by atoms with Gasteiger partial charge in [-0.25, -0.2) is 4.98 Å². The minimum atomic E-state index is 0.499. The van der Waals surface area contributed by atoms with Crippen molar-refractivity contribution in [3.8, 4) is 0 Å². The summed E-state index contributed by atoms with van der Waals surface area (Å²) in [4.78, 5) is 12.7. The van der Waals surface area contributed by atoms with E-state index in [9.17, 15) is 0 Å². The van der Waals surface area contributed by atoms with Crippen molar-refractivity contribution in [1.29, 1.82) is 0 Å². The SMILES string of the molecule is CN=C/C(=C\N)Nc1ncc(C)c(NC[C@H]2CCCN2)n1. The van der Waals surface area contributed by atoms with Gasteiger partial charge in [0.05, 0.1) is 5.70 Å². The number of anilines is 2. The number of hydrogen-bond donors (Lipinski definition) is 4. The van der Waals surface area contributed by atoms with E-state index in [1.54, 1.807) is 19.5 Å². The van der Waals surface area contributed by atoms with Crippen molar-refractivity contribution in [2.24, 2.45) is 10.7 Å². The van der Waals surface area contributed by atoms with Gasteiger partial charge in [-0.2, -0.15) is 4.98 Å². The predicted molar refractivity (Wildman–Crippen MR) is 86.6 cm³/mol. The van der Waals surface area contributed by atoms with Gasteiger partial charge in [0.1, 0.15) is 5.82 Å². The number of aryl methyl sites for hydroxylation is 1. The summed E-state index contributed by atoms with van der Waals surface area (Å²) in [6, 6.07) is 0.516. The molecule has 21 heavy (non-hydrogen) atoms. The molecule has 0 aliphatic carbocycles. The molecular formula is C14H23N7. The quantitative estimate of drug-likeness (QED) is 0.580. The molecule has 0 radical (unpaired) electrons. The summed E-state index contributed by atoms with van der Waals surface area (Å²) in [6.07, 6.45) is 7.29. The van der Waals surface area contributed by atoms with Gasteiger partial charge in [-0.15, -0.1) is 0 Å². The Morgan fingerprint density at radius 2 is 2.48 bits per heavy atom. The number of aromatic nitrogens is 2. The Morgan fingerprint density at radius 3 is 3.14 bits per heavy atom. The van der Waals surface area contributed by atoms with E-state index in [2.05, 4.69) is 30.9 Å². The van der Waals surface area contributed by atoms with Crippen molar-refractivity contribution in [2.45, 2.75) is 25.8 Å². The van der Waals surface area contributed by atoms with Crippen LogP contribution in [0.1, 0.15) is 18.4 Å². The van der Waals surface area contributed by atoms with Crippen molar-refractivity contribution in [3.63, 3.8) is 0 Å². The second kappa shape index (κ2) is 7.58. The van der Waals surface area contributed by atoms with Crippen molar-refractivity contribution in [2.75, 3.05) is 30.8 Å². The number of nitrogens with one attached hydrogen (secondary N) is 3. The molecule has 1 aliphatic rings. The maximum atomic E-state index is 5.52. The fourth-order valence-corrected chi connectivity index (χ4v) is 2.22. The summed E-state index contributed by atoms with van der Waals surface area (Å²) in [6.45, 7) is 3.96. The Morgan fingerprint density at radius 1 is 1.62 bits per heavy atom. The van der Waals surface area contributed by atoms with Crippen LogP contribution in [-0.2, 0) is 0 Å². The van der Waals surface area contributed by atoms with E-state index in [4.69, 9.17) is 5.73 Å². The maximum Gasteiger partial charge on any atom is 0.229 e. The van der Waals surface area contributed by atoms with Crippen molar-refractivity contribution in [3.05, 3.63) is 23.7 Å². The van der Waals surface area contributed by atoms with Gasteiger partial charge in [-0.05, 0) is 26.3 Å². The van der Waals surface area contributed by atoms with E-state index in [1.807, 2.05) is 6.92 Å². The molecule has 0 spiro atoms. The van der Waals surface area contributed by atoms with Gasteiger partial charge >= 0.3 is 0 Å². The van der Waals surface area contributed by atoms with Crippen LogP contribution >= 0.6 is 0 Å². The second-order valence-corrected chi connectivity index (χ2v) is 5.03. The second-order valence-electron chi connectivity index (χ2n) is 5.03. The van der Waals surface area contributed by atoms with E-state index in [0.717, 1.165) is 24.5 Å². The number of nitrogens with zero attached hydrogens (tertiary/aromatic N) is 3. The highest BCUT2D eigenvalue weighted by molar-refractivity contribution is 5.81. The van der Waals surface area contributed by atoms with Crippen molar-refractivity contribution in [1.82, 2.24) is 15.3 Å². The van der Waals surface area contributed by atoms with Gasteiger partial charge < -0.3 is 21.7 Å². The zero-order valence-electron chi connectivity index (χ0n) is 12.6. The lowest BCUT2D eigenvalue weighted by atomic mass is 10.2. The topological polar surface area (TPSA) is 100 Å². The number of rotatable bonds is 6. The third-order valence-corrected chi connectivity index (χ3v) is 3.35. The molecule has 5 N–H and O–H groups in total. The van der Waals surface area contributed by atoms with Crippen LogP contribution in [0.4, 0.5) is 11.8 Å². The van der Waals surface area contributed by atoms with Crippen LogP contribution in [0.2, 0.25) is 0 Å². The summed E-state index contributed by atoms with van der Waals surface area (Å²) in [5.41, 5.74) is 7.19. The lowest BCUT2D eigenvalue weighted by molar-refractivity contribution is 0.632. The molecule has 2 rings (SSSR count). The molecule has 1 atom stereocenters. The van der Waals surface area contributed by atoms with Crippen LogP contribution in [-0.4, -0.2) is 42.4 Å². The zero-order valence-corrected chi connectivity index (χ0v) is 12.6. The Hall–Kier alpha value is -2.15. The molecule has 1 aromatic rings. The standard InChI is InChI=1S/C14H23N7/c1-10-7-19-14(20-12(6-15)8-16-2)21-13(10)18-9-11-4-3-5-17-11/h6-8,11,17H,3-5,9,15H2,1-2H3,(H2,18,19,20,21)/b12-6+,16-8?/t11-/m1/s1. The van der Waals surface area contributed by atoms with Crippen LogP contribution in [0.5, 0.6) is 0 Å². The van der Waals surface area contributed by atoms with Gasteiger partial charge in [0.25, 0.3) is 0 Å². The highest BCUT2D eigenvalue weighted by Crippen LogP contribution is 2.14. The van der Waals surface area contributed by atoms with Crippen LogP contribution < -0.4 is 21.7 Å². The van der Waals surface area contributed by atoms with Gasteiger partial charge in [0.2, 0.25) is 5.95 Å². The van der Waals surface area contributed by atoms with Gasteiger partial charge in [0, 0.05) is 43.8 Å². The number of nitrogens with two attached hydrogens (primary N) is 1. The smallest absolute Gasteiger partial charge is 0.229 e. The third-order valence-electron chi connectivity index (χ3n) is 3.35. The Bertz CT molecular complexity index is 518. The monoisotopic (exact) mass is 289 g/mol. The molecule has 1 aliphatic heterocycles. The maximum absolute atomic E-state index is 5.52. The molecule has 0 amide bonds. The molecule has 1 fully saturated rings. The summed E-state index contributed by atoms with van der Waals surface area (Å²) in [5.74, 6) is 1.34. The molecule has 1 saturated heterocycles. The van der Waals surface area contributed by atoms with Crippen LogP contribution in [0.25, 0.3) is 0 Å². The van der Waals surface area contributed by atoms with Crippen molar-refractivity contribution < 1.29 is 0 Å². The zero-order chi connectivity index (χ0) is 15.1. The first-order chi connectivity index (χ1) is 10.2. The predicted octanol–water partition coefficient (Wildman–Crippen LogP) is 0.862. The fourth-order valence-electron chi connectivity index (χ4n) is 2.22. The summed E-state index contributed by atoms with van der Waals surface area (Å²) in [5, 5.41) is 9.87. The van der Waals surface area contributed by atoms with E-state index >= 15 is 0 Å². The van der Waals surface area contributed by atoms with Crippen LogP contribution in [0.15, 0.2) is 23.1 Å². The number of hydrogen-bond acceptors (Lipinski definition) is 7. The molecule has 0 bridgehead atoms. The minimum absolute atomic E-state index is 0.499. The van der Waals surface area contributed by atoms with Crippen molar-refractivity contribution >= 4 is 18.0 Å². The normalized spacial score (nSPS) is 19.1. The minimum Gasteiger partial charge on any atom is -0.403 e. The summed E-state index contributed by atoms with van der Waals surface area (Å²) >= 11 is 0. The van der Waals surface area contributed by atoms with E-state index in [1.165, 1.54) is 19.0 Å². The number of allylic oxidation sites excluding steroid dienone is 1.